The highest BCUT2D eigenvalue weighted by Gasteiger charge is 2.24. The van der Waals surface area contributed by atoms with Gasteiger partial charge in [-0.15, -0.1) is 0 Å². The zero-order valence-corrected chi connectivity index (χ0v) is 12.5. The summed E-state index contributed by atoms with van der Waals surface area (Å²) in [6, 6.07) is 10.1. The van der Waals surface area contributed by atoms with Gasteiger partial charge in [0.05, 0.1) is 11.3 Å². The van der Waals surface area contributed by atoms with Crippen molar-refractivity contribution < 1.29 is 0 Å². The first-order chi connectivity index (χ1) is 10.2. The fraction of sp³-hybridized carbons (Fsp3) is 0.250. The minimum Gasteiger partial charge on any atom is -0.383 e. The van der Waals surface area contributed by atoms with Gasteiger partial charge in [0.25, 0.3) is 0 Å². The van der Waals surface area contributed by atoms with Crippen LogP contribution in [0.25, 0.3) is 17.1 Å². The van der Waals surface area contributed by atoms with E-state index in [1.807, 2.05) is 48.9 Å². The first kappa shape index (κ1) is 13.4. The number of anilines is 2. The molecule has 2 aliphatic heterocycles. The van der Waals surface area contributed by atoms with Gasteiger partial charge in [0.1, 0.15) is 5.82 Å². The van der Waals surface area contributed by atoms with Crippen LogP contribution in [0.4, 0.5) is 11.8 Å². The van der Waals surface area contributed by atoms with Gasteiger partial charge in [0.2, 0.25) is 5.95 Å². The second-order valence-corrected chi connectivity index (χ2v) is 4.97. The molecule has 0 aromatic heterocycles. The Morgan fingerprint density at radius 1 is 1.19 bits per heavy atom. The highest BCUT2D eigenvalue weighted by atomic mass is 15.2. The molecule has 1 aromatic rings. The summed E-state index contributed by atoms with van der Waals surface area (Å²) in [5.41, 5.74) is 10.3. The summed E-state index contributed by atoms with van der Waals surface area (Å²) in [5.74, 6) is 2.07. The van der Waals surface area contributed by atoms with Gasteiger partial charge in [-0.25, -0.2) is 4.98 Å². The number of rotatable bonds is 3. The van der Waals surface area contributed by atoms with Crippen LogP contribution in [0, 0.1) is 6.92 Å². The molecule has 0 spiro atoms. The topological polar surface area (TPSA) is 68.8 Å². The smallest absolute Gasteiger partial charge is 0.210 e. The molecule has 2 heterocycles. The Hall–Kier alpha value is -2.56. The lowest BCUT2D eigenvalue weighted by Gasteiger charge is -2.18. The largest absolute Gasteiger partial charge is 0.383 e. The molecule has 0 fully saturated rings. The molecule has 0 saturated carbocycles. The van der Waals surface area contributed by atoms with Crippen LogP contribution in [0.3, 0.4) is 0 Å². The Morgan fingerprint density at radius 2 is 1.90 bits per heavy atom. The Labute approximate surface area is 124 Å². The highest BCUT2D eigenvalue weighted by molar-refractivity contribution is 5.79. The van der Waals surface area contributed by atoms with Crippen molar-refractivity contribution in [3.8, 4) is 17.1 Å². The summed E-state index contributed by atoms with van der Waals surface area (Å²) in [6.45, 7) is 4.13. The lowest BCUT2D eigenvalue weighted by molar-refractivity contribution is 0.968. The lowest BCUT2D eigenvalue weighted by atomic mass is 10.1. The number of nitrogens with zero attached hydrogens (tertiary/aromatic N) is 3. The molecule has 3 rings (SSSR count). The van der Waals surface area contributed by atoms with Gasteiger partial charge in [-0.1, -0.05) is 25.1 Å². The fourth-order valence-corrected chi connectivity index (χ4v) is 2.77. The maximum Gasteiger partial charge on any atom is 0.210 e. The van der Waals surface area contributed by atoms with Crippen molar-refractivity contribution in [2.45, 2.75) is 20.3 Å². The standard InChI is InChI=1S/C16H19N5/c1-4-12-10(2)19-15-13(12)14(17)20-16(18-3)21(15)11-8-6-5-7-9-11/h5-9H,4,17H2,1-3H3,(H,18,20). The van der Waals surface area contributed by atoms with Crippen LogP contribution in [0.2, 0.25) is 0 Å². The first-order valence-electron chi connectivity index (χ1n) is 7.08. The van der Waals surface area contributed by atoms with Crippen LogP contribution in [0.1, 0.15) is 18.2 Å². The normalized spacial score (nSPS) is 11.0. The molecule has 0 unspecified atom stereocenters. The molecular formula is C16H19N5. The van der Waals surface area contributed by atoms with Crippen LogP contribution in [0.5, 0.6) is 0 Å². The number of benzene rings is 1. The number of para-hydroxylation sites is 1. The van der Waals surface area contributed by atoms with E-state index in [0.29, 0.717) is 11.8 Å². The van der Waals surface area contributed by atoms with Crippen LogP contribution in [-0.4, -0.2) is 21.6 Å². The predicted octanol–water partition coefficient (Wildman–Crippen LogP) is 2.87. The summed E-state index contributed by atoms with van der Waals surface area (Å²) >= 11 is 0. The third kappa shape index (κ3) is 2.01. The Balaban J connectivity index is 2.39. The van der Waals surface area contributed by atoms with Crippen LogP contribution in [-0.2, 0) is 6.42 Å². The molecule has 1 aromatic carbocycles. The Morgan fingerprint density at radius 3 is 2.52 bits per heavy atom. The third-order valence-electron chi connectivity index (χ3n) is 3.73. The van der Waals surface area contributed by atoms with E-state index in [0.717, 1.165) is 29.2 Å². The summed E-state index contributed by atoms with van der Waals surface area (Å²) in [6.07, 6.45) is 0.891. The van der Waals surface area contributed by atoms with Crippen molar-refractivity contribution in [2.24, 2.45) is 0 Å². The number of aromatic nitrogens is 3. The van der Waals surface area contributed by atoms with Gasteiger partial charge in [0.15, 0.2) is 5.82 Å². The Bertz CT molecular complexity index is 745. The molecule has 0 amide bonds. The maximum absolute atomic E-state index is 6.16. The first-order valence-corrected chi connectivity index (χ1v) is 7.08. The number of aryl methyl sites for hydroxylation is 1. The van der Waals surface area contributed by atoms with Crippen molar-refractivity contribution in [1.29, 1.82) is 0 Å². The molecule has 21 heavy (non-hydrogen) atoms. The van der Waals surface area contributed by atoms with Gasteiger partial charge in [0, 0.05) is 12.7 Å². The van der Waals surface area contributed by atoms with E-state index >= 15 is 0 Å². The number of nitrogen functional groups attached to an aromatic ring is 1. The second-order valence-electron chi connectivity index (χ2n) is 4.97. The summed E-state index contributed by atoms with van der Waals surface area (Å²) in [4.78, 5) is 9.24. The zero-order chi connectivity index (χ0) is 15.0. The van der Waals surface area contributed by atoms with Crippen LogP contribution < -0.4 is 11.1 Å². The van der Waals surface area contributed by atoms with Gasteiger partial charge < -0.3 is 11.1 Å². The van der Waals surface area contributed by atoms with Crippen molar-refractivity contribution in [1.82, 2.24) is 14.5 Å². The van der Waals surface area contributed by atoms with Crippen molar-refractivity contribution in [3.63, 3.8) is 0 Å². The highest BCUT2D eigenvalue weighted by Crippen LogP contribution is 2.36. The van der Waals surface area contributed by atoms with E-state index in [-0.39, 0.29) is 0 Å². The maximum atomic E-state index is 6.16. The minimum atomic E-state index is 0.527. The van der Waals surface area contributed by atoms with Gasteiger partial charge in [-0.05, 0) is 31.0 Å². The average Bonchev–Trinajstić information content (AvgIpc) is 2.84. The van der Waals surface area contributed by atoms with Crippen LogP contribution in [0.15, 0.2) is 30.3 Å². The summed E-state index contributed by atoms with van der Waals surface area (Å²) in [5, 5.41) is 3.11. The third-order valence-corrected chi connectivity index (χ3v) is 3.73. The monoisotopic (exact) mass is 281 g/mol. The van der Waals surface area contributed by atoms with E-state index < -0.39 is 0 Å². The second kappa shape index (κ2) is 5.09. The zero-order valence-electron chi connectivity index (χ0n) is 12.5. The molecule has 0 aliphatic carbocycles. The van der Waals surface area contributed by atoms with E-state index in [2.05, 4.69) is 17.2 Å². The van der Waals surface area contributed by atoms with E-state index in [1.54, 1.807) is 0 Å². The summed E-state index contributed by atoms with van der Waals surface area (Å²) < 4.78 is 2.01. The molecule has 3 N–H and O–H groups in total. The quantitative estimate of drug-likeness (QED) is 0.774. The predicted molar refractivity (Wildman–Crippen MR) is 86.1 cm³/mol. The SMILES string of the molecule is CCc1c(C)nc2n(-c3ccccc3)c(NC)nc(N)c1-2. The Kier molecular flexibility index (Phi) is 3.25. The van der Waals surface area contributed by atoms with Gasteiger partial charge in [-0.2, -0.15) is 4.98 Å². The van der Waals surface area contributed by atoms with Crippen molar-refractivity contribution in [2.75, 3.05) is 18.1 Å². The van der Waals surface area contributed by atoms with Gasteiger partial charge in [-0.3, -0.25) is 4.57 Å². The molecule has 108 valence electrons. The molecule has 2 aliphatic rings. The number of fused-ring (bicyclic) bond motifs is 1. The minimum absolute atomic E-state index is 0.527. The molecule has 5 nitrogen and oxygen atoms in total. The fourth-order valence-electron chi connectivity index (χ4n) is 2.77. The number of hydrogen-bond acceptors (Lipinski definition) is 4. The molecule has 0 radical (unpaired) electrons. The number of nitrogens with two attached hydrogens (primary N) is 1. The van der Waals surface area contributed by atoms with E-state index in [4.69, 9.17) is 10.7 Å². The molecule has 0 atom stereocenters. The van der Waals surface area contributed by atoms with Crippen LogP contribution >= 0.6 is 0 Å². The van der Waals surface area contributed by atoms with Gasteiger partial charge >= 0.3 is 0 Å². The van der Waals surface area contributed by atoms with Crippen molar-refractivity contribution >= 4 is 11.8 Å². The van der Waals surface area contributed by atoms with E-state index in [1.165, 1.54) is 5.56 Å². The molecule has 0 saturated heterocycles. The lowest BCUT2D eigenvalue weighted by Crippen LogP contribution is -2.13. The molecular weight excluding hydrogens is 262 g/mol. The van der Waals surface area contributed by atoms with E-state index in [9.17, 15) is 0 Å². The number of hydrogen-bond donors (Lipinski definition) is 2. The van der Waals surface area contributed by atoms with Crippen molar-refractivity contribution in [3.05, 3.63) is 41.6 Å². The molecule has 5 heteroatoms. The number of nitrogens with one attached hydrogen (secondary N) is 1. The molecule has 0 bridgehead atoms. The average molecular weight is 281 g/mol. The summed E-state index contributed by atoms with van der Waals surface area (Å²) in [7, 11) is 1.84.